The topological polar surface area (TPSA) is 424 Å². The van der Waals surface area contributed by atoms with Crippen LogP contribution < -0.4 is 14.2 Å². The first-order valence-corrected chi connectivity index (χ1v) is 25.9. The van der Waals surface area contributed by atoms with Crippen molar-refractivity contribution in [2.45, 2.75) is 145 Å². The highest BCUT2D eigenvalue weighted by molar-refractivity contribution is 5.28. The predicted octanol–water partition coefficient (Wildman–Crippen LogP) is 9.74. The Morgan fingerprint density at radius 1 is 0.444 bits per heavy atom. The zero-order valence-corrected chi connectivity index (χ0v) is 45.2. The molecule has 8 unspecified atom stereocenters. The van der Waals surface area contributed by atoms with Gasteiger partial charge in [0.15, 0.2) is 18.9 Å². The third-order valence-corrected chi connectivity index (χ3v) is 15.0. The van der Waals surface area contributed by atoms with E-state index in [2.05, 4.69) is 60.2 Å². The number of aliphatic hydroxyl groups excluding tert-OH is 1. The van der Waals surface area contributed by atoms with Gasteiger partial charge in [-0.2, -0.15) is 0 Å². The van der Waals surface area contributed by atoms with E-state index in [1.54, 1.807) is 74.7 Å². The highest BCUT2D eigenvalue weighted by Crippen LogP contribution is 2.42. The summed E-state index contributed by atoms with van der Waals surface area (Å²) in [6.45, 7) is 4.31. The number of ether oxygens (including phenoxy) is 12. The van der Waals surface area contributed by atoms with Crippen molar-refractivity contribution in [3.63, 3.8) is 0 Å². The molecule has 31 heteroatoms. The van der Waals surface area contributed by atoms with E-state index in [1.807, 2.05) is 26.0 Å². The summed E-state index contributed by atoms with van der Waals surface area (Å²) in [6, 6.07) is 16.6. The van der Waals surface area contributed by atoms with E-state index in [1.165, 1.54) is 14.2 Å². The van der Waals surface area contributed by atoms with Gasteiger partial charge >= 0.3 is 0 Å². The number of rotatable bonds is 27. The summed E-state index contributed by atoms with van der Waals surface area (Å²) in [5, 5.41) is 35.2. The Labute approximate surface area is 464 Å². The van der Waals surface area contributed by atoms with Gasteiger partial charge in [0.1, 0.15) is 47.7 Å². The lowest BCUT2D eigenvalue weighted by atomic mass is 9.81. The summed E-state index contributed by atoms with van der Waals surface area (Å²) in [4.78, 5) is 18.4. The summed E-state index contributed by atoms with van der Waals surface area (Å²) in [7, 11) is 4.60. The van der Waals surface area contributed by atoms with Gasteiger partial charge in [-0.05, 0) is 105 Å². The highest BCUT2D eigenvalue weighted by Gasteiger charge is 2.56. The van der Waals surface area contributed by atoms with E-state index < -0.39 is 116 Å². The Hall–Kier alpha value is -7.48. The number of methoxy groups -OCH3 is 3. The molecule has 3 aromatic carbocycles. The molecule has 0 bridgehead atoms. The molecule has 7 rings (SSSR count). The number of aliphatic hydroxyl groups is 1. The maximum Gasteiger partial charge on any atom is 0.187 e. The second-order valence-corrected chi connectivity index (χ2v) is 19.6. The first-order chi connectivity index (χ1) is 39.4. The average Bonchev–Trinajstić information content (AvgIpc) is 3.98. The molecule has 19 atom stereocenters. The van der Waals surface area contributed by atoms with Crippen LogP contribution in [0.25, 0.3) is 62.7 Å². The van der Waals surface area contributed by atoms with Crippen LogP contribution in [0.2, 0.25) is 0 Å². The Kier molecular flexibility index (Phi) is 22.9. The molecule has 4 aliphatic rings. The van der Waals surface area contributed by atoms with Crippen LogP contribution in [-0.2, 0) is 62.5 Å². The fourth-order valence-electron chi connectivity index (χ4n) is 10.4. The van der Waals surface area contributed by atoms with Crippen LogP contribution in [0.15, 0.2) is 103 Å². The third kappa shape index (κ3) is 15.3. The minimum absolute atomic E-state index is 0.0502. The molecule has 81 heavy (non-hydrogen) atoms. The molecular formula is C50H64N18O13. The normalized spacial score (nSPS) is 32.4. The SMILES string of the molecule is COc1ccc(COC2C(C)[C@H](CN=[N+]=[N-])OC(O[C@@H]3C(OCc4ccc(OC)cc4)[C@H](O[C@@H]4C(OCc5ccc(OC)cc5)[C@H](N=[N+]=[N-])CC(N=[N+]=[N-])[C@H]4O[C@H]4OC(CN=[N+]=[N-])[C@@H](C)[C@H](C)C4N=[N+]=[N-])O[C@@H]3CO)[C@@H]2N=[N+]=[N-])cc1. The first kappa shape index (κ1) is 61.1. The molecule has 0 amide bonds. The zero-order valence-electron chi connectivity index (χ0n) is 45.2. The van der Waals surface area contributed by atoms with Crippen molar-refractivity contribution in [1.29, 1.82) is 0 Å². The Morgan fingerprint density at radius 2 is 0.852 bits per heavy atom. The lowest BCUT2D eigenvalue weighted by molar-refractivity contribution is -0.302. The maximum absolute atomic E-state index is 11.2. The van der Waals surface area contributed by atoms with E-state index >= 15 is 0 Å². The van der Waals surface area contributed by atoms with Crippen LogP contribution in [0, 0.1) is 17.8 Å². The summed E-state index contributed by atoms with van der Waals surface area (Å²) >= 11 is 0. The van der Waals surface area contributed by atoms with Crippen molar-refractivity contribution in [3.05, 3.63) is 152 Å². The van der Waals surface area contributed by atoms with Gasteiger partial charge in [-0.3, -0.25) is 0 Å². The quantitative estimate of drug-likeness (QED) is 0.0422. The molecule has 3 aliphatic heterocycles. The van der Waals surface area contributed by atoms with E-state index in [-0.39, 0.29) is 45.2 Å². The fraction of sp³-hybridized carbons (Fsp3) is 0.640. The second kappa shape index (κ2) is 30.4. The first-order valence-electron chi connectivity index (χ1n) is 25.9. The number of hydrogen-bond acceptors (Lipinski definition) is 19. The van der Waals surface area contributed by atoms with Crippen molar-refractivity contribution < 1.29 is 61.9 Å². The molecule has 3 saturated heterocycles. The van der Waals surface area contributed by atoms with Gasteiger partial charge in [-0.25, -0.2) is 0 Å². The predicted molar refractivity (Wildman–Crippen MR) is 284 cm³/mol. The van der Waals surface area contributed by atoms with Crippen LogP contribution in [0.4, 0.5) is 0 Å². The average molecular weight is 1130 g/mol. The minimum Gasteiger partial charge on any atom is -0.497 e. The van der Waals surface area contributed by atoms with E-state index in [9.17, 15) is 38.3 Å². The smallest absolute Gasteiger partial charge is 0.187 e. The molecule has 3 heterocycles. The van der Waals surface area contributed by atoms with E-state index in [0.717, 1.165) is 5.56 Å². The molecule has 31 nitrogen and oxygen atoms in total. The largest absolute Gasteiger partial charge is 0.497 e. The molecule has 1 saturated carbocycles. The highest BCUT2D eigenvalue weighted by atomic mass is 16.8. The molecule has 432 valence electrons. The van der Waals surface area contributed by atoms with E-state index in [4.69, 9.17) is 56.8 Å². The van der Waals surface area contributed by atoms with Crippen LogP contribution in [0.1, 0.15) is 43.9 Å². The Bertz CT molecular complexity index is 2810. The number of hydrogen-bond donors (Lipinski definition) is 1. The molecular weight excluding hydrogens is 1060 g/mol. The van der Waals surface area contributed by atoms with Gasteiger partial charge < -0.3 is 61.9 Å². The second-order valence-electron chi connectivity index (χ2n) is 19.6. The molecule has 4 fully saturated rings. The lowest BCUT2D eigenvalue weighted by Gasteiger charge is -2.48. The van der Waals surface area contributed by atoms with Crippen molar-refractivity contribution in [2.24, 2.45) is 48.4 Å². The van der Waals surface area contributed by atoms with Crippen molar-refractivity contribution in [3.8, 4) is 17.2 Å². The fourth-order valence-corrected chi connectivity index (χ4v) is 10.4. The van der Waals surface area contributed by atoms with Crippen LogP contribution in [0.3, 0.4) is 0 Å². The molecule has 0 spiro atoms. The molecule has 3 aromatic rings. The number of benzene rings is 3. The molecule has 0 aromatic heterocycles. The molecule has 1 aliphatic carbocycles. The lowest BCUT2D eigenvalue weighted by Crippen LogP contribution is -2.62. The van der Waals surface area contributed by atoms with Gasteiger partial charge in [0.05, 0.1) is 109 Å². The van der Waals surface area contributed by atoms with E-state index in [0.29, 0.717) is 28.4 Å². The van der Waals surface area contributed by atoms with Gasteiger partial charge in [0.2, 0.25) is 0 Å². The summed E-state index contributed by atoms with van der Waals surface area (Å²) in [6.07, 6.45) is -15.2. The summed E-state index contributed by atoms with van der Waals surface area (Å²) in [5.41, 5.74) is 60.9. The zero-order chi connectivity index (χ0) is 57.8. The summed E-state index contributed by atoms with van der Waals surface area (Å²) < 4.78 is 76.4. The van der Waals surface area contributed by atoms with Crippen molar-refractivity contribution in [2.75, 3.05) is 41.0 Å². The van der Waals surface area contributed by atoms with Gasteiger partial charge in [-0.15, -0.1) is 0 Å². The number of nitrogens with zero attached hydrogens (tertiary/aromatic N) is 18. The number of azide groups is 6. The molecule has 0 radical (unpaired) electrons. The molecule has 1 N–H and O–H groups in total. The Morgan fingerprint density at radius 3 is 1.32 bits per heavy atom. The van der Waals surface area contributed by atoms with Gasteiger partial charge in [0, 0.05) is 35.4 Å². The van der Waals surface area contributed by atoms with Crippen LogP contribution in [0.5, 0.6) is 17.2 Å². The summed E-state index contributed by atoms with van der Waals surface area (Å²) in [5.74, 6) is 0.499. The van der Waals surface area contributed by atoms with Gasteiger partial charge in [-0.1, -0.05) is 87.9 Å². The minimum atomic E-state index is -1.57. The third-order valence-electron chi connectivity index (χ3n) is 15.0. The van der Waals surface area contributed by atoms with Crippen molar-refractivity contribution >= 4 is 0 Å². The van der Waals surface area contributed by atoms with Crippen molar-refractivity contribution in [1.82, 2.24) is 0 Å². The van der Waals surface area contributed by atoms with Crippen LogP contribution >= 0.6 is 0 Å². The maximum atomic E-state index is 11.2. The monoisotopic (exact) mass is 1120 g/mol. The van der Waals surface area contributed by atoms with Crippen LogP contribution in [-0.4, -0.2) is 144 Å². The Balaban J connectivity index is 1.32. The standard InChI is InChI=1S/C50H64N18O13/c1-26-27(2)40(61-67-55)48(76-37(26)20-57-63-51)79-44-36(60-66-54)19-35(59-65-53)43(74-24-30-9-15-33(71-5)16-10-30)46(44)81-50-47(75-25-31-11-17-34(72-6)18-12-31)45(39(22-69)78-50)80-49-41(62-68-56)42(28(3)38(77-49)21-58-64-52)73-23-29-7-13-32(70-4)14-8-29/h7-18,26-28,35-50,69H,19-25H2,1-6H3/t26-,27-,28?,35+,36?,37?,38-,39+,40?,41+,42?,43?,44+,45-,46+,47?,48+,49?,50-/m0/s1. The van der Waals surface area contributed by atoms with Gasteiger partial charge in [0.25, 0.3) is 0 Å².